The van der Waals surface area contributed by atoms with Crippen molar-refractivity contribution >= 4 is 14.8 Å². The number of esters is 1. The van der Waals surface area contributed by atoms with Crippen molar-refractivity contribution in [3.05, 3.63) is 30.1 Å². The second-order valence-corrected chi connectivity index (χ2v) is 6.51. The highest BCUT2D eigenvalue weighted by Gasteiger charge is 2.37. The van der Waals surface area contributed by atoms with Crippen LogP contribution in [0, 0.1) is 0 Å². The number of carbonyl (C=O) groups excluding carboxylic acids is 1. The molecule has 0 aliphatic carbocycles. The van der Waals surface area contributed by atoms with Gasteiger partial charge in [-0.05, 0) is 12.1 Å². The zero-order chi connectivity index (χ0) is 13.4. The van der Waals surface area contributed by atoms with Crippen LogP contribution in [-0.2, 0) is 18.0 Å². The van der Waals surface area contributed by atoms with Crippen LogP contribution in [0.15, 0.2) is 24.5 Å². The lowest BCUT2D eigenvalue weighted by atomic mass is 10.3. The van der Waals surface area contributed by atoms with Gasteiger partial charge in [-0.1, -0.05) is 0 Å². The average molecular weight is 271 g/mol. The van der Waals surface area contributed by atoms with E-state index in [0.29, 0.717) is 11.6 Å². The van der Waals surface area contributed by atoms with E-state index in [1.165, 1.54) is 33.7 Å². The standard InChI is InChI=1S/C11H17NO5Si/c1-14-18(15-2,16-3)9-8-17-11(13)10-4-6-12-7-5-10/h4-7H,8-9H2,1-3H3. The van der Waals surface area contributed by atoms with Crippen LogP contribution < -0.4 is 0 Å². The summed E-state index contributed by atoms with van der Waals surface area (Å²) >= 11 is 0. The topological polar surface area (TPSA) is 66.9 Å². The molecule has 0 bridgehead atoms. The minimum Gasteiger partial charge on any atom is -0.462 e. The highest BCUT2D eigenvalue weighted by atomic mass is 28.4. The molecule has 0 saturated heterocycles. The lowest BCUT2D eigenvalue weighted by molar-refractivity contribution is 0.0491. The van der Waals surface area contributed by atoms with Crippen molar-refractivity contribution in [1.29, 1.82) is 0 Å². The molecule has 1 aromatic heterocycles. The largest absolute Gasteiger partial charge is 0.503 e. The molecule has 0 amide bonds. The summed E-state index contributed by atoms with van der Waals surface area (Å²) in [5, 5.41) is 0. The third-order valence-electron chi connectivity index (χ3n) is 2.49. The molecule has 0 atom stereocenters. The predicted octanol–water partition coefficient (Wildman–Crippen LogP) is 1.12. The van der Waals surface area contributed by atoms with Crippen LogP contribution in [0.5, 0.6) is 0 Å². The Morgan fingerprint density at radius 1 is 1.17 bits per heavy atom. The Bertz CT molecular complexity index is 361. The van der Waals surface area contributed by atoms with E-state index in [0.717, 1.165) is 0 Å². The van der Waals surface area contributed by atoms with Crippen LogP contribution in [0.1, 0.15) is 10.4 Å². The number of hydrogen-bond acceptors (Lipinski definition) is 6. The normalized spacial score (nSPS) is 11.3. The fourth-order valence-corrected chi connectivity index (χ4v) is 2.86. The number of rotatable bonds is 7. The second-order valence-electron chi connectivity index (χ2n) is 3.42. The molecule has 0 aliphatic rings. The van der Waals surface area contributed by atoms with Gasteiger partial charge in [-0.15, -0.1) is 0 Å². The maximum absolute atomic E-state index is 11.6. The van der Waals surface area contributed by atoms with Crippen LogP contribution in [0.2, 0.25) is 6.04 Å². The number of carbonyl (C=O) groups is 1. The first-order valence-corrected chi connectivity index (χ1v) is 7.33. The highest BCUT2D eigenvalue weighted by molar-refractivity contribution is 6.60. The van der Waals surface area contributed by atoms with Crippen molar-refractivity contribution < 1.29 is 22.8 Å². The van der Waals surface area contributed by atoms with Crippen LogP contribution in [0.3, 0.4) is 0 Å². The van der Waals surface area contributed by atoms with Gasteiger partial charge < -0.3 is 18.0 Å². The summed E-state index contributed by atoms with van der Waals surface area (Å²) in [5.41, 5.74) is 0.463. The first-order chi connectivity index (χ1) is 8.67. The number of pyridine rings is 1. The van der Waals surface area contributed by atoms with Gasteiger partial charge >= 0.3 is 14.8 Å². The summed E-state index contributed by atoms with van der Waals surface area (Å²) in [6, 6.07) is 3.60. The third-order valence-corrected chi connectivity index (χ3v) is 5.17. The van der Waals surface area contributed by atoms with Gasteiger partial charge in [0.05, 0.1) is 18.2 Å². The molecule has 1 aromatic rings. The first-order valence-electron chi connectivity index (χ1n) is 5.40. The fraction of sp³-hybridized carbons (Fsp3) is 0.455. The SMILES string of the molecule is CO[Si](CCOC(=O)c1ccncc1)(OC)OC. The maximum Gasteiger partial charge on any atom is 0.503 e. The highest BCUT2D eigenvalue weighted by Crippen LogP contribution is 2.12. The molecule has 0 aromatic carbocycles. The minimum atomic E-state index is -2.67. The van der Waals surface area contributed by atoms with Gasteiger partial charge in [-0.3, -0.25) is 4.98 Å². The molecule has 1 heterocycles. The molecule has 18 heavy (non-hydrogen) atoms. The zero-order valence-corrected chi connectivity index (χ0v) is 11.7. The van der Waals surface area contributed by atoms with Crippen LogP contribution in [0.25, 0.3) is 0 Å². The average Bonchev–Trinajstić information content (AvgIpc) is 2.45. The Hall–Kier alpha value is -1.28. The van der Waals surface area contributed by atoms with E-state index in [1.54, 1.807) is 12.1 Å². The van der Waals surface area contributed by atoms with Crippen molar-refractivity contribution in [2.45, 2.75) is 6.04 Å². The number of hydrogen-bond donors (Lipinski definition) is 0. The predicted molar refractivity (Wildman–Crippen MR) is 66.1 cm³/mol. The summed E-state index contributed by atoms with van der Waals surface area (Å²) in [5.74, 6) is -0.399. The van der Waals surface area contributed by atoms with Gasteiger partial charge in [-0.2, -0.15) is 0 Å². The zero-order valence-electron chi connectivity index (χ0n) is 10.7. The van der Waals surface area contributed by atoms with Crippen molar-refractivity contribution in [2.75, 3.05) is 27.9 Å². The van der Waals surface area contributed by atoms with Crippen molar-refractivity contribution in [2.24, 2.45) is 0 Å². The van der Waals surface area contributed by atoms with E-state index in [1.807, 2.05) is 0 Å². The Morgan fingerprint density at radius 3 is 2.22 bits per heavy atom. The Balaban J connectivity index is 2.44. The van der Waals surface area contributed by atoms with Gasteiger partial charge in [0, 0.05) is 33.7 Å². The lowest BCUT2D eigenvalue weighted by Gasteiger charge is -2.23. The van der Waals surface area contributed by atoms with E-state index < -0.39 is 14.8 Å². The van der Waals surface area contributed by atoms with E-state index in [-0.39, 0.29) is 6.61 Å². The molecule has 0 unspecified atom stereocenters. The Kier molecular flexibility index (Phi) is 5.93. The molecule has 0 radical (unpaired) electrons. The molecule has 6 nitrogen and oxygen atoms in total. The maximum atomic E-state index is 11.6. The Labute approximate surface area is 107 Å². The minimum absolute atomic E-state index is 0.183. The lowest BCUT2D eigenvalue weighted by Crippen LogP contribution is -2.43. The van der Waals surface area contributed by atoms with Crippen LogP contribution in [-0.4, -0.2) is 47.7 Å². The van der Waals surface area contributed by atoms with Crippen molar-refractivity contribution in [1.82, 2.24) is 4.98 Å². The molecule has 0 saturated carbocycles. The van der Waals surface area contributed by atoms with E-state index in [2.05, 4.69) is 4.98 Å². The van der Waals surface area contributed by atoms with E-state index in [4.69, 9.17) is 18.0 Å². The van der Waals surface area contributed by atoms with Crippen LogP contribution >= 0.6 is 0 Å². The summed E-state index contributed by atoms with van der Waals surface area (Å²) in [6.07, 6.45) is 3.07. The number of ether oxygens (including phenoxy) is 1. The summed E-state index contributed by atoms with van der Waals surface area (Å²) in [6.45, 7) is 0.183. The molecule has 100 valence electrons. The van der Waals surface area contributed by atoms with Gasteiger partial charge in [0.15, 0.2) is 0 Å². The van der Waals surface area contributed by atoms with Gasteiger partial charge in [0.1, 0.15) is 0 Å². The number of aromatic nitrogens is 1. The van der Waals surface area contributed by atoms with Crippen LogP contribution in [0.4, 0.5) is 0 Å². The molecule has 0 spiro atoms. The molecule has 7 heteroatoms. The van der Waals surface area contributed by atoms with Gasteiger partial charge in [0.2, 0.25) is 0 Å². The molecule has 0 aliphatic heterocycles. The molecular weight excluding hydrogens is 254 g/mol. The smallest absolute Gasteiger partial charge is 0.462 e. The van der Waals surface area contributed by atoms with Crippen molar-refractivity contribution in [3.8, 4) is 0 Å². The first kappa shape index (κ1) is 14.8. The van der Waals surface area contributed by atoms with E-state index >= 15 is 0 Å². The Morgan fingerprint density at radius 2 is 1.72 bits per heavy atom. The monoisotopic (exact) mass is 271 g/mol. The molecule has 0 fully saturated rings. The van der Waals surface area contributed by atoms with E-state index in [9.17, 15) is 4.79 Å². The summed E-state index contributed by atoms with van der Waals surface area (Å²) in [4.78, 5) is 15.5. The van der Waals surface area contributed by atoms with Gasteiger partial charge in [-0.25, -0.2) is 4.79 Å². The third kappa shape index (κ3) is 3.88. The number of nitrogens with zero attached hydrogens (tertiary/aromatic N) is 1. The fourth-order valence-electron chi connectivity index (χ4n) is 1.40. The second kappa shape index (κ2) is 7.22. The molecule has 1 rings (SSSR count). The summed E-state index contributed by atoms with van der Waals surface area (Å²) < 4.78 is 20.8. The van der Waals surface area contributed by atoms with Crippen molar-refractivity contribution in [3.63, 3.8) is 0 Å². The molecule has 0 N–H and O–H groups in total. The van der Waals surface area contributed by atoms with Gasteiger partial charge in [0.25, 0.3) is 0 Å². The molecular formula is C11H17NO5Si. The quantitative estimate of drug-likeness (QED) is 0.547. The summed E-state index contributed by atoms with van der Waals surface area (Å²) in [7, 11) is 1.88.